The number of methoxy groups -OCH3 is 1. The molecule has 4 aromatic carbocycles. The lowest BCUT2D eigenvalue weighted by Crippen LogP contribution is -2.27. The van der Waals surface area contributed by atoms with Gasteiger partial charge in [0, 0.05) is 22.5 Å². The highest BCUT2D eigenvalue weighted by atomic mass is 16.5. The summed E-state index contributed by atoms with van der Waals surface area (Å²) in [6.07, 6.45) is 0. The van der Waals surface area contributed by atoms with Crippen molar-refractivity contribution in [2.45, 2.75) is 12.6 Å². The second-order valence-corrected chi connectivity index (χ2v) is 8.73. The Bertz CT molecular complexity index is 1450. The molecule has 1 atom stereocenters. The molecule has 0 saturated heterocycles. The summed E-state index contributed by atoms with van der Waals surface area (Å²) in [7, 11) is 1.55. The fourth-order valence-electron chi connectivity index (χ4n) is 3.88. The summed E-state index contributed by atoms with van der Waals surface area (Å²) >= 11 is 0. The van der Waals surface area contributed by atoms with Crippen LogP contribution >= 0.6 is 0 Å². The molecule has 0 heterocycles. The maximum atomic E-state index is 13.5. The third kappa shape index (κ3) is 6.92. The Balaban J connectivity index is 1.61. The molecule has 0 aromatic heterocycles. The molecule has 9 nitrogen and oxygen atoms in total. The van der Waals surface area contributed by atoms with Crippen molar-refractivity contribution in [1.82, 2.24) is 0 Å². The van der Waals surface area contributed by atoms with Gasteiger partial charge in [0.05, 0.1) is 7.11 Å². The summed E-state index contributed by atoms with van der Waals surface area (Å²) in [4.78, 5) is 13.5. The molecule has 8 N–H and O–H groups in total. The van der Waals surface area contributed by atoms with E-state index in [0.717, 1.165) is 5.56 Å². The molecule has 0 radical (unpaired) electrons. The summed E-state index contributed by atoms with van der Waals surface area (Å²) < 4.78 is 11.6. The lowest BCUT2D eigenvalue weighted by atomic mass is 10.0. The first-order valence-electron chi connectivity index (χ1n) is 12.1. The lowest BCUT2D eigenvalue weighted by Gasteiger charge is -2.22. The second kappa shape index (κ2) is 12.3. The number of nitrogens with two attached hydrogens (primary N) is 2. The summed E-state index contributed by atoms with van der Waals surface area (Å²) in [6, 6.07) is 28.0. The molecule has 0 spiro atoms. The molecule has 0 aliphatic rings. The highest BCUT2D eigenvalue weighted by Crippen LogP contribution is 2.33. The molecular formula is C30H30N6O3. The van der Waals surface area contributed by atoms with Crippen LogP contribution in [0.4, 0.5) is 11.4 Å². The molecule has 39 heavy (non-hydrogen) atoms. The Labute approximate surface area is 226 Å². The predicted molar refractivity (Wildman–Crippen MR) is 154 cm³/mol. The quantitative estimate of drug-likeness (QED) is 0.124. The van der Waals surface area contributed by atoms with Crippen molar-refractivity contribution in [2.24, 2.45) is 11.5 Å². The molecular weight excluding hydrogens is 492 g/mol. The van der Waals surface area contributed by atoms with Crippen molar-refractivity contribution in [3.05, 3.63) is 119 Å². The number of anilines is 2. The minimum Gasteiger partial charge on any atom is -0.493 e. The molecule has 0 fully saturated rings. The van der Waals surface area contributed by atoms with Gasteiger partial charge in [-0.1, -0.05) is 36.4 Å². The average molecular weight is 523 g/mol. The monoisotopic (exact) mass is 522 g/mol. The van der Waals surface area contributed by atoms with Crippen LogP contribution in [0.15, 0.2) is 97.1 Å². The first-order chi connectivity index (χ1) is 18.8. The van der Waals surface area contributed by atoms with Gasteiger partial charge in [-0.2, -0.15) is 0 Å². The lowest BCUT2D eigenvalue weighted by molar-refractivity contribution is -0.117. The van der Waals surface area contributed by atoms with E-state index >= 15 is 0 Å². The Morgan fingerprint density at radius 2 is 1.38 bits per heavy atom. The molecule has 4 rings (SSSR count). The number of carbonyl (C=O) groups excluding carboxylic acids is 1. The third-order valence-electron chi connectivity index (χ3n) is 5.99. The van der Waals surface area contributed by atoms with E-state index in [1.807, 2.05) is 36.4 Å². The zero-order valence-corrected chi connectivity index (χ0v) is 21.4. The number of hydrogen-bond acceptors (Lipinski definition) is 6. The van der Waals surface area contributed by atoms with E-state index in [1.54, 1.807) is 67.8 Å². The molecule has 1 amide bonds. The summed E-state index contributed by atoms with van der Waals surface area (Å²) in [5.74, 6) is 0.626. The molecule has 0 saturated carbocycles. The summed E-state index contributed by atoms with van der Waals surface area (Å²) in [5, 5.41) is 21.4. The predicted octanol–water partition coefficient (Wildman–Crippen LogP) is 4.63. The van der Waals surface area contributed by atoms with Gasteiger partial charge in [-0.05, 0) is 71.8 Å². The number of rotatable bonds is 11. The van der Waals surface area contributed by atoms with Crippen molar-refractivity contribution < 1.29 is 14.3 Å². The van der Waals surface area contributed by atoms with Gasteiger partial charge in [-0.25, -0.2) is 0 Å². The van der Waals surface area contributed by atoms with Crippen LogP contribution in [0.1, 0.15) is 28.3 Å². The van der Waals surface area contributed by atoms with Gasteiger partial charge >= 0.3 is 0 Å². The van der Waals surface area contributed by atoms with Gasteiger partial charge in [0.25, 0.3) is 5.91 Å². The summed E-state index contributed by atoms with van der Waals surface area (Å²) in [6.45, 7) is 0.372. The van der Waals surface area contributed by atoms with Crippen molar-refractivity contribution >= 4 is 29.0 Å². The smallest absolute Gasteiger partial charge is 0.251 e. The highest BCUT2D eigenvalue weighted by Gasteiger charge is 2.23. The van der Waals surface area contributed by atoms with E-state index in [4.69, 9.17) is 31.8 Å². The first kappa shape index (κ1) is 26.7. The number of hydrogen-bond donors (Lipinski definition) is 6. The topological polar surface area (TPSA) is 159 Å². The van der Waals surface area contributed by atoms with E-state index in [0.29, 0.717) is 46.2 Å². The van der Waals surface area contributed by atoms with E-state index in [2.05, 4.69) is 10.6 Å². The largest absolute Gasteiger partial charge is 0.493 e. The molecule has 9 heteroatoms. The molecule has 0 aliphatic carbocycles. The van der Waals surface area contributed by atoms with Gasteiger partial charge in [0.15, 0.2) is 11.5 Å². The number of benzene rings is 4. The first-order valence-corrected chi connectivity index (χ1v) is 12.1. The zero-order valence-electron chi connectivity index (χ0n) is 21.4. The van der Waals surface area contributed by atoms with Crippen LogP contribution < -0.4 is 31.6 Å². The van der Waals surface area contributed by atoms with Gasteiger partial charge in [-0.3, -0.25) is 15.6 Å². The maximum Gasteiger partial charge on any atom is 0.251 e. The number of carbonyl (C=O) groups is 1. The van der Waals surface area contributed by atoms with E-state index in [-0.39, 0.29) is 17.6 Å². The Hall–Kier alpha value is -5.31. The fraction of sp³-hybridized carbons (Fsp3) is 0.100. The van der Waals surface area contributed by atoms with Crippen LogP contribution in [0.25, 0.3) is 0 Å². The van der Waals surface area contributed by atoms with Crippen LogP contribution in [0.2, 0.25) is 0 Å². The number of nitrogen functional groups attached to an aromatic ring is 2. The minimum atomic E-state index is -0.808. The number of amides is 1. The normalized spacial score (nSPS) is 11.2. The fourth-order valence-corrected chi connectivity index (χ4v) is 3.88. The SMILES string of the molecule is COc1cc([C@@H](Nc2ccc(C(=N)N)cc2)C(=O)Nc2ccc(C(=N)N)cc2)ccc1OCc1ccccc1. The molecule has 0 bridgehead atoms. The van der Waals surface area contributed by atoms with Crippen LogP contribution in [0.3, 0.4) is 0 Å². The van der Waals surface area contributed by atoms with Crippen molar-refractivity contribution in [3.63, 3.8) is 0 Å². The van der Waals surface area contributed by atoms with Gasteiger partial charge < -0.3 is 31.6 Å². The van der Waals surface area contributed by atoms with E-state index in [1.165, 1.54) is 0 Å². The molecule has 0 unspecified atom stereocenters. The van der Waals surface area contributed by atoms with Gasteiger partial charge in [0.1, 0.15) is 24.3 Å². The van der Waals surface area contributed by atoms with E-state index in [9.17, 15) is 4.79 Å². The number of amidine groups is 2. The molecule has 198 valence electrons. The molecule has 4 aromatic rings. The Kier molecular flexibility index (Phi) is 8.43. The van der Waals surface area contributed by atoms with Crippen molar-refractivity contribution in [2.75, 3.05) is 17.7 Å². The zero-order chi connectivity index (χ0) is 27.8. The molecule has 0 aliphatic heterocycles. The van der Waals surface area contributed by atoms with E-state index < -0.39 is 6.04 Å². The van der Waals surface area contributed by atoms with Crippen LogP contribution in [-0.2, 0) is 11.4 Å². The van der Waals surface area contributed by atoms with Crippen LogP contribution in [-0.4, -0.2) is 24.7 Å². The van der Waals surface area contributed by atoms with Gasteiger partial charge in [0.2, 0.25) is 0 Å². The average Bonchev–Trinajstić information content (AvgIpc) is 2.95. The second-order valence-electron chi connectivity index (χ2n) is 8.73. The van der Waals surface area contributed by atoms with Crippen LogP contribution in [0.5, 0.6) is 11.5 Å². The number of nitrogens with one attached hydrogen (secondary N) is 4. The maximum absolute atomic E-state index is 13.5. The van der Waals surface area contributed by atoms with Crippen molar-refractivity contribution in [1.29, 1.82) is 10.8 Å². The minimum absolute atomic E-state index is 0.0410. The standard InChI is InChI=1S/C30H30N6O3/c1-38-26-17-22(11-16-25(26)39-18-19-5-3-2-4-6-19)27(35-23-12-7-20(8-13-23)28(31)32)30(37)36-24-14-9-21(10-15-24)29(33)34/h2-17,27,35H,18H2,1H3,(H3,31,32)(H3,33,34)(H,36,37)/t27-/m1/s1. The Morgan fingerprint density at radius 3 is 1.95 bits per heavy atom. The number of ether oxygens (including phenoxy) is 2. The van der Waals surface area contributed by atoms with Crippen molar-refractivity contribution in [3.8, 4) is 11.5 Å². The van der Waals surface area contributed by atoms with Crippen LogP contribution in [0, 0.1) is 10.8 Å². The van der Waals surface area contributed by atoms with Gasteiger partial charge in [-0.15, -0.1) is 0 Å². The Morgan fingerprint density at radius 1 is 0.795 bits per heavy atom. The highest BCUT2D eigenvalue weighted by molar-refractivity contribution is 5.99. The third-order valence-corrected chi connectivity index (χ3v) is 5.99. The summed E-state index contributed by atoms with van der Waals surface area (Å²) in [5.41, 5.74) is 15.1.